The Morgan fingerprint density at radius 2 is 0.561 bits per heavy atom. The van der Waals surface area contributed by atoms with Gasteiger partial charge >= 0.3 is 0 Å². The standard InChI is InChI=1S/C54H35N3/c1-4-17-36(18-5-1)38-31-33-41(34-32-38)56-47-29-14-11-26-44(47)49-52-50(43-25-10-13-28-46(43)55(52)40-22-8-3-9-23-40)54-51(53(49)56)45-27-12-15-30-48(45)57(54)42-24-16-21-39(35-42)37-19-6-2-7-20-37/h1-35H. The van der Waals surface area contributed by atoms with E-state index in [2.05, 4.69) is 226 Å². The molecule has 3 aromatic heterocycles. The van der Waals surface area contributed by atoms with E-state index in [0.717, 1.165) is 17.1 Å². The Morgan fingerprint density at radius 3 is 1.05 bits per heavy atom. The first-order valence-corrected chi connectivity index (χ1v) is 19.6. The third-order valence-electron chi connectivity index (χ3n) is 11.8. The Hall–Kier alpha value is -7.62. The molecule has 12 aromatic rings. The number of hydrogen-bond acceptors (Lipinski definition) is 0. The molecule has 0 amide bonds. The quantitative estimate of drug-likeness (QED) is 0.168. The molecule has 0 saturated carbocycles. The molecule has 0 unspecified atom stereocenters. The number of nitrogens with zero attached hydrogens (tertiary/aromatic N) is 3. The lowest BCUT2D eigenvalue weighted by Gasteiger charge is -2.14. The van der Waals surface area contributed by atoms with Gasteiger partial charge in [-0.2, -0.15) is 0 Å². The van der Waals surface area contributed by atoms with Gasteiger partial charge in [-0.25, -0.2) is 0 Å². The van der Waals surface area contributed by atoms with Gasteiger partial charge in [-0.05, 0) is 76.9 Å². The van der Waals surface area contributed by atoms with Crippen molar-refractivity contribution in [2.45, 2.75) is 0 Å². The summed E-state index contributed by atoms with van der Waals surface area (Å²) in [5.41, 5.74) is 15.4. The molecule has 0 spiro atoms. The SMILES string of the molecule is c1ccc(-c2ccc(-n3c4ccccc4c4c3c3c5ccccc5n(-c5cccc(-c6ccccc6)c5)c3c3c5ccccc5n(-c5ccccc5)c43)cc2)cc1. The van der Waals surface area contributed by atoms with E-state index in [0.29, 0.717) is 0 Å². The number of para-hydroxylation sites is 4. The monoisotopic (exact) mass is 725 g/mol. The second kappa shape index (κ2) is 12.5. The van der Waals surface area contributed by atoms with Crippen LogP contribution in [-0.4, -0.2) is 13.7 Å². The smallest absolute Gasteiger partial charge is 0.0663 e. The summed E-state index contributed by atoms with van der Waals surface area (Å²) < 4.78 is 7.55. The molecule has 0 aliphatic heterocycles. The molecule has 3 nitrogen and oxygen atoms in total. The highest BCUT2D eigenvalue weighted by molar-refractivity contribution is 6.40. The fraction of sp³-hybridized carbons (Fsp3) is 0. The van der Waals surface area contributed by atoms with Crippen molar-refractivity contribution in [1.29, 1.82) is 0 Å². The molecular weight excluding hydrogens is 691 g/mol. The first-order valence-electron chi connectivity index (χ1n) is 19.6. The van der Waals surface area contributed by atoms with Crippen molar-refractivity contribution >= 4 is 65.4 Å². The molecule has 3 heterocycles. The van der Waals surface area contributed by atoms with Gasteiger partial charge in [0, 0.05) is 49.4 Å². The van der Waals surface area contributed by atoms with Crippen LogP contribution in [-0.2, 0) is 0 Å². The summed E-state index contributed by atoms with van der Waals surface area (Å²) in [5, 5.41) is 7.44. The van der Waals surface area contributed by atoms with Crippen LogP contribution in [0.25, 0.3) is 105 Å². The van der Waals surface area contributed by atoms with E-state index in [1.54, 1.807) is 0 Å². The summed E-state index contributed by atoms with van der Waals surface area (Å²) in [6, 6.07) is 77.3. The lowest BCUT2D eigenvalue weighted by Crippen LogP contribution is -1.98. The maximum atomic E-state index is 2.53. The minimum Gasteiger partial charge on any atom is -0.308 e. The summed E-state index contributed by atoms with van der Waals surface area (Å²) in [6.45, 7) is 0. The van der Waals surface area contributed by atoms with Crippen LogP contribution >= 0.6 is 0 Å². The molecule has 57 heavy (non-hydrogen) atoms. The van der Waals surface area contributed by atoms with Gasteiger partial charge in [-0.3, -0.25) is 0 Å². The molecule has 0 N–H and O–H groups in total. The number of fused-ring (bicyclic) bond motifs is 12. The molecule has 0 radical (unpaired) electrons. The summed E-state index contributed by atoms with van der Waals surface area (Å²) in [7, 11) is 0. The molecule has 0 aliphatic carbocycles. The van der Waals surface area contributed by atoms with E-state index in [1.807, 2.05) is 0 Å². The van der Waals surface area contributed by atoms with Gasteiger partial charge in [-0.15, -0.1) is 0 Å². The van der Waals surface area contributed by atoms with Crippen LogP contribution in [0.4, 0.5) is 0 Å². The van der Waals surface area contributed by atoms with Crippen LogP contribution in [0, 0.1) is 0 Å². The average molecular weight is 726 g/mol. The Balaban J connectivity index is 1.33. The Morgan fingerprint density at radius 1 is 0.228 bits per heavy atom. The minimum absolute atomic E-state index is 1.13. The molecule has 0 saturated heterocycles. The third-order valence-corrected chi connectivity index (χ3v) is 11.8. The van der Waals surface area contributed by atoms with E-state index in [1.165, 1.54) is 87.7 Å². The maximum absolute atomic E-state index is 2.53. The normalized spacial score (nSPS) is 11.9. The van der Waals surface area contributed by atoms with Crippen molar-refractivity contribution in [2.75, 3.05) is 0 Å². The van der Waals surface area contributed by atoms with E-state index in [-0.39, 0.29) is 0 Å². The zero-order valence-electron chi connectivity index (χ0n) is 31.0. The molecule has 12 rings (SSSR count). The van der Waals surface area contributed by atoms with Gasteiger partial charge in [0.05, 0.1) is 33.1 Å². The van der Waals surface area contributed by atoms with Crippen LogP contribution in [0.15, 0.2) is 212 Å². The van der Waals surface area contributed by atoms with Gasteiger partial charge < -0.3 is 13.7 Å². The fourth-order valence-corrected chi connectivity index (χ4v) is 9.42. The molecule has 9 aromatic carbocycles. The largest absolute Gasteiger partial charge is 0.308 e. The molecule has 0 aliphatic rings. The van der Waals surface area contributed by atoms with Crippen molar-refractivity contribution < 1.29 is 0 Å². The van der Waals surface area contributed by atoms with E-state index >= 15 is 0 Å². The second-order valence-corrected chi connectivity index (χ2v) is 14.9. The Kier molecular flexibility index (Phi) is 6.93. The summed E-state index contributed by atoms with van der Waals surface area (Å²) in [6.07, 6.45) is 0. The topological polar surface area (TPSA) is 14.8 Å². The molecular formula is C54H35N3. The Labute approximate surface area is 329 Å². The predicted molar refractivity (Wildman–Crippen MR) is 240 cm³/mol. The van der Waals surface area contributed by atoms with Gasteiger partial charge in [0.25, 0.3) is 0 Å². The highest BCUT2D eigenvalue weighted by atomic mass is 15.0. The summed E-state index contributed by atoms with van der Waals surface area (Å²) in [4.78, 5) is 0. The van der Waals surface area contributed by atoms with Crippen LogP contribution in [0.2, 0.25) is 0 Å². The van der Waals surface area contributed by atoms with Crippen molar-refractivity contribution in [3.63, 3.8) is 0 Å². The van der Waals surface area contributed by atoms with Gasteiger partial charge in [0.1, 0.15) is 0 Å². The lowest BCUT2D eigenvalue weighted by molar-refractivity contribution is 1.17. The van der Waals surface area contributed by atoms with Gasteiger partial charge in [0.2, 0.25) is 0 Å². The molecule has 0 fully saturated rings. The number of benzene rings is 9. The van der Waals surface area contributed by atoms with E-state index in [9.17, 15) is 0 Å². The van der Waals surface area contributed by atoms with E-state index < -0.39 is 0 Å². The summed E-state index contributed by atoms with van der Waals surface area (Å²) in [5.74, 6) is 0. The highest BCUT2D eigenvalue weighted by Gasteiger charge is 2.28. The molecule has 0 atom stereocenters. The van der Waals surface area contributed by atoms with Crippen LogP contribution in [0.1, 0.15) is 0 Å². The third kappa shape index (κ3) is 4.66. The molecule has 266 valence electrons. The first kappa shape index (κ1) is 31.7. The number of hydrogen-bond donors (Lipinski definition) is 0. The van der Waals surface area contributed by atoms with Gasteiger partial charge in [0.15, 0.2) is 0 Å². The predicted octanol–water partition coefficient (Wildman–Crippen LogP) is 14.3. The number of aromatic nitrogens is 3. The molecule has 3 heteroatoms. The summed E-state index contributed by atoms with van der Waals surface area (Å²) >= 11 is 0. The molecule has 0 bridgehead atoms. The van der Waals surface area contributed by atoms with E-state index in [4.69, 9.17) is 0 Å². The van der Waals surface area contributed by atoms with Crippen molar-refractivity contribution in [3.05, 3.63) is 212 Å². The van der Waals surface area contributed by atoms with Crippen LogP contribution < -0.4 is 0 Å². The lowest BCUT2D eigenvalue weighted by atomic mass is 10.0. The first-order chi connectivity index (χ1) is 28.3. The fourth-order valence-electron chi connectivity index (χ4n) is 9.42. The minimum atomic E-state index is 1.13. The Bertz CT molecular complexity index is 3480. The van der Waals surface area contributed by atoms with Crippen molar-refractivity contribution in [2.24, 2.45) is 0 Å². The maximum Gasteiger partial charge on any atom is 0.0663 e. The van der Waals surface area contributed by atoms with Crippen LogP contribution in [0.3, 0.4) is 0 Å². The highest BCUT2D eigenvalue weighted by Crippen LogP contribution is 2.50. The number of rotatable bonds is 5. The van der Waals surface area contributed by atoms with Crippen molar-refractivity contribution in [1.82, 2.24) is 13.7 Å². The average Bonchev–Trinajstić information content (AvgIpc) is 3.93. The zero-order valence-corrected chi connectivity index (χ0v) is 31.0. The van der Waals surface area contributed by atoms with Gasteiger partial charge in [-0.1, -0.05) is 158 Å². The zero-order chi connectivity index (χ0) is 37.5. The second-order valence-electron chi connectivity index (χ2n) is 14.9. The van der Waals surface area contributed by atoms with Crippen molar-refractivity contribution in [3.8, 4) is 39.3 Å². The van der Waals surface area contributed by atoms with Crippen LogP contribution in [0.5, 0.6) is 0 Å².